The zero-order valence-corrected chi connectivity index (χ0v) is 22.3. The Morgan fingerprint density at radius 3 is 1.89 bits per heavy atom. The van der Waals surface area contributed by atoms with Gasteiger partial charge in [0.15, 0.2) is 0 Å². The summed E-state index contributed by atoms with van der Waals surface area (Å²) >= 11 is 0. The molecular formula is C36H32N2. The van der Waals surface area contributed by atoms with Crippen LogP contribution in [0.3, 0.4) is 0 Å². The van der Waals surface area contributed by atoms with Crippen LogP contribution in [0.5, 0.6) is 0 Å². The monoisotopic (exact) mass is 492 g/mol. The van der Waals surface area contributed by atoms with E-state index < -0.39 is 0 Å². The minimum atomic E-state index is 0.570. The molecule has 0 radical (unpaired) electrons. The highest BCUT2D eigenvalue weighted by Crippen LogP contribution is 2.43. The van der Waals surface area contributed by atoms with Crippen molar-refractivity contribution in [1.82, 2.24) is 0 Å². The molecule has 5 aromatic carbocycles. The molecule has 0 amide bonds. The fraction of sp³-hybridized carbons (Fsp3) is 0.111. The number of nitrogens with zero attached hydrogens (tertiary/aromatic N) is 1. The van der Waals surface area contributed by atoms with Gasteiger partial charge < -0.3 is 5.41 Å². The molecule has 0 aliphatic heterocycles. The Balaban J connectivity index is 0.00000164. The minimum absolute atomic E-state index is 0.570. The average molecular weight is 493 g/mol. The van der Waals surface area contributed by atoms with Gasteiger partial charge in [-0.25, -0.2) is 0 Å². The summed E-state index contributed by atoms with van der Waals surface area (Å²) in [5.41, 5.74) is 5.76. The van der Waals surface area contributed by atoms with Crippen LogP contribution in [0.1, 0.15) is 32.8 Å². The molecule has 0 heterocycles. The van der Waals surface area contributed by atoms with E-state index in [9.17, 15) is 0 Å². The summed E-state index contributed by atoms with van der Waals surface area (Å²) in [4.78, 5) is 0. The van der Waals surface area contributed by atoms with Crippen molar-refractivity contribution in [2.75, 3.05) is 0 Å². The standard InChI is InChI=1S/C34H26N2.C2H6/c1-23(18-19-24(2)21-35)20-26(22-36)33-29-13-5-7-15-31(29)34(32-16-8-6-14-30(32)33)28-17-9-11-25-10-3-4-12-27(25)28;1-2/h3-17,19-20,22,36H,1,18H2,2H3;1-2H3/b24-19+,26-20+,36-22?;. The van der Waals surface area contributed by atoms with Gasteiger partial charge in [0, 0.05) is 17.4 Å². The first-order valence-corrected chi connectivity index (χ1v) is 13.0. The van der Waals surface area contributed by atoms with Gasteiger partial charge in [0.2, 0.25) is 0 Å². The van der Waals surface area contributed by atoms with E-state index >= 15 is 0 Å². The largest absolute Gasteiger partial charge is 0.308 e. The van der Waals surface area contributed by atoms with Crippen molar-refractivity contribution in [2.24, 2.45) is 0 Å². The van der Waals surface area contributed by atoms with Crippen LogP contribution >= 0.6 is 0 Å². The van der Waals surface area contributed by atoms with Crippen molar-refractivity contribution in [3.05, 3.63) is 126 Å². The maximum absolute atomic E-state index is 9.08. The van der Waals surface area contributed by atoms with E-state index in [4.69, 9.17) is 10.7 Å². The average Bonchev–Trinajstić information content (AvgIpc) is 2.98. The van der Waals surface area contributed by atoms with Crippen LogP contribution in [0, 0.1) is 16.7 Å². The SMILES string of the molecule is C=C(/C=C(\C=N)c1c2ccccc2c(-c2cccc3ccccc23)c2ccccc12)C/C=C(\C)C#N.CC. The van der Waals surface area contributed by atoms with Crippen molar-refractivity contribution in [3.63, 3.8) is 0 Å². The zero-order valence-electron chi connectivity index (χ0n) is 22.3. The maximum atomic E-state index is 9.08. The molecule has 0 atom stereocenters. The Morgan fingerprint density at radius 1 is 0.789 bits per heavy atom. The lowest BCUT2D eigenvalue weighted by Crippen LogP contribution is -1.95. The highest BCUT2D eigenvalue weighted by atomic mass is 14.3. The number of nitriles is 1. The van der Waals surface area contributed by atoms with Gasteiger partial charge in [-0.3, -0.25) is 0 Å². The number of allylic oxidation sites excluding steroid dienone is 5. The summed E-state index contributed by atoms with van der Waals surface area (Å²) in [5.74, 6) is 0. The second-order valence-electron chi connectivity index (χ2n) is 8.97. The molecule has 0 saturated carbocycles. The summed E-state index contributed by atoms with van der Waals surface area (Å²) in [6.07, 6.45) is 5.83. The van der Waals surface area contributed by atoms with Gasteiger partial charge in [0.05, 0.1) is 6.07 Å². The molecular weight excluding hydrogens is 460 g/mol. The van der Waals surface area contributed by atoms with E-state index in [1.54, 1.807) is 6.92 Å². The topological polar surface area (TPSA) is 47.6 Å². The lowest BCUT2D eigenvalue weighted by molar-refractivity contribution is 1.26. The van der Waals surface area contributed by atoms with Crippen molar-refractivity contribution in [3.8, 4) is 17.2 Å². The maximum Gasteiger partial charge on any atom is 0.0940 e. The number of rotatable bonds is 6. The van der Waals surface area contributed by atoms with E-state index in [2.05, 4.69) is 104 Å². The third-order valence-electron chi connectivity index (χ3n) is 6.64. The van der Waals surface area contributed by atoms with E-state index in [0.29, 0.717) is 12.0 Å². The Hall–Kier alpha value is -4.74. The molecule has 1 N–H and O–H groups in total. The first-order chi connectivity index (χ1) is 18.6. The smallest absolute Gasteiger partial charge is 0.0940 e. The van der Waals surface area contributed by atoms with Gasteiger partial charge in [-0.1, -0.05) is 123 Å². The van der Waals surface area contributed by atoms with Crippen LogP contribution in [-0.4, -0.2) is 6.21 Å². The van der Waals surface area contributed by atoms with Gasteiger partial charge in [-0.2, -0.15) is 5.26 Å². The van der Waals surface area contributed by atoms with Gasteiger partial charge in [0.25, 0.3) is 0 Å². The highest BCUT2D eigenvalue weighted by Gasteiger charge is 2.18. The first kappa shape index (κ1) is 26.3. The Kier molecular flexibility index (Phi) is 8.31. The molecule has 0 aromatic heterocycles. The third-order valence-corrected chi connectivity index (χ3v) is 6.64. The Morgan fingerprint density at radius 2 is 1.32 bits per heavy atom. The van der Waals surface area contributed by atoms with Gasteiger partial charge in [-0.05, 0) is 68.4 Å². The molecule has 0 fully saturated rings. The molecule has 0 saturated heterocycles. The molecule has 0 aliphatic carbocycles. The predicted molar refractivity (Wildman–Crippen MR) is 166 cm³/mol. The van der Waals surface area contributed by atoms with Crippen LogP contribution in [-0.2, 0) is 0 Å². The molecule has 5 aromatic rings. The van der Waals surface area contributed by atoms with Gasteiger partial charge in [-0.15, -0.1) is 0 Å². The summed E-state index contributed by atoms with van der Waals surface area (Å²) in [5, 5.41) is 24.3. The van der Waals surface area contributed by atoms with E-state index in [-0.39, 0.29) is 0 Å². The van der Waals surface area contributed by atoms with E-state index in [0.717, 1.165) is 38.3 Å². The molecule has 0 bridgehead atoms. The molecule has 2 nitrogen and oxygen atoms in total. The lowest BCUT2D eigenvalue weighted by atomic mass is 9.84. The van der Waals surface area contributed by atoms with Crippen LogP contribution in [0.4, 0.5) is 0 Å². The number of fused-ring (bicyclic) bond motifs is 3. The second kappa shape index (κ2) is 12.0. The third kappa shape index (κ3) is 5.05. The molecule has 0 unspecified atom stereocenters. The highest BCUT2D eigenvalue weighted by molar-refractivity contribution is 6.26. The molecule has 2 heteroatoms. The van der Waals surface area contributed by atoms with Gasteiger partial charge in [0.1, 0.15) is 0 Å². The number of nitrogens with one attached hydrogen (secondary N) is 1. The van der Waals surface area contributed by atoms with Crippen LogP contribution in [0.2, 0.25) is 0 Å². The van der Waals surface area contributed by atoms with Crippen molar-refractivity contribution < 1.29 is 0 Å². The van der Waals surface area contributed by atoms with Crippen LogP contribution in [0.15, 0.2) is 121 Å². The number of benzene rings is 5. The zero-order chi connectivity index (χ0) is 27.1. The molecule has 5 rings (SSSR count). The summed E-state index contributed by atoms with van der Waals surface area (Å²) < 4.78 is 0. The number of hydrogen-bond acceptors (Lipinski definition) is 2. The minimum Gasteiger partial charge on any atom is -0.308 e. The number of hydrogen-bond donors (Lipinski definition) is 1. The summed E-state index contributed by atoms with van der Waals surface area (Å²) in [6.45, 7) is 9.99. The van der Waals surface area contributed by atoms with Gasteiger partial charge >= 0.3 is 0 Å². The lowest BCUT2D eigenvalue weighted by Gasteiger charge is -2.19. The van der Waals surface area contributed by atoms with Crippen LogP contribution in [0.25, 0.3) is 49.0 Å². The molecule has 0 aliphatic rings. The predicted octanol–water partition coefficient (Wildman–Crippen LogP) is 10.3. The molecule has 38 heavy (non-hydrogen) atoms. The first-order valence-electron chi connectivity index (χ1n) is 13.0. The molecule has 186 valence electrons. The van der Waals surface area contributed by atoms with Crippen LogP contribution < -0.4 is 0 Å². The fourth-order valence-electron chi connectivity index (χ4n) is 4.97. The van der Waals surface area contributed by atoms with E-state index in [1.165, 1.54) is 28.1 Å². The normalized spacial score (nSPS) is 11.6. The van der Waals surface area contributed by atoms with Crippen molar-refractivity contribution in [2.45, 2.75) is 27.2 Å². The fourth-order valence-corrected chi connectivity index (χ4v) is 4.97. The summed E-state index contributed by atoms with van der Waals surface area (Å²) in [6, 6.07) is 34.1. The second-order valence-corrected chi connectivity index (χ2v) is 8.97. The van der Waals surface area contributed by atoms with Crippen molar-refractivity contribution >= 4 is 44.1 Å². The Labute approximate surface area is 225 Å². The quantitative estimate of drug-likeness (QED) is 0.109. The van der Waals surface area contributed by atoms with Crippen molar-refractivity contribution in [1.29, 1.82) is 10.7 Å². The van der Waals surface area contributed by atoms with E-state index in [1.807, 2.05) is 26.0 Å². The summed E-state index contributed by atoms with van der Waals surface area (Å²) in [7, 11) is 0. The molecule has 0 spiro atoms. The Bertz CT molecular complexity index is 1700.